The van der Waals surface area contributed by atoms with Gasteiger partial charge < -0.3 is 15.0 Å². The zero-order chi connectivity index (χ0) is 15.2. The molecule has 1 aromatic carbocycles. The van der Waals surface area contributed by atoms with Crippen molar-refractivity contribution in [3.8, 4) is 0 Å². The van der Waals surface area contributed by atoms with Crippen molar-refractivity contribution in [1.29, 1.82) is 0 Å². The largest absolute Gasteiger partial charge is 0.478 e. The van der Waals surface area contributed by atoms with Crippen LogP contribution in [-0.2, 0) is 6.54 Å². The molecule has 0 saturated heterocycles. The fraction of sp³-hybridized carbons (Fsp3) is 0.467. The van der Waals surface area contributed by atoms with E-state index in [1.807, 2.05) is 14.1 Å². The lowest BCUT2D eigenvalue weighted by molar-refractivity contribution is 0.0426. The average molecular weight is 289 g/mol. The highest BCUT2D eigenvalue weighted by atomic mass is 16.4. The number of nitrogens with zero attached hydrogens (tertiary/aromatic N) is 2. The van der Waals surface area contributed by atoms with Gasteiger partial charge in [0.1, 0.15) is 0 Å². The van der Waals surface area contributed by atoms with Crippen LogP contribution in [0.3, 0.4) is 0 Å². The summed E-state index contributed by atoms with van der Waals surface area (Å²) in [6.45, 7) is 0.630. The Hall–Kier alpha value is -2.08. The lowest BCUT2D eigenvalue weighted by Crippen LogP contribution is -2.54. The number of carbonyl (C=O) groups is 1. The van der Waals surface area contributed by atoms with Crippen LogP contribution in [0, 0.1) is 0 Å². The molecule has 2 aromatic rings. The van der Waals surface area contributed by atoms with Gasteiger partial charge in [0, 0.05) is 12.1 Å². The summed E-state index contributed by atoms with van der Waals surface area (Å²) >= 11 is 0. The maximum absolute atomic E-state index is 12.2. The molecule has 0 spiro atoms. The van der Waals surface area contributed by atoms with E-state index >= 15 is 0 Å². The topological polar surface area (TPSA) is 78.3 Å². The van der Waals surface area contributed by atoms with Crippen LogP contribution in [0.4, 0.5) is 0 Å². The van der Waals surface area contributed by atoms with Gasteiger partial charge in [-0.15, -0.1) is 0 Å². The molecular weight excluding hydrogens is 270 g/mol. The van der Waals surface area contributed by atoms with Gasteiger partial charge in [0.2, 0.25) is 0 Å². The lowest BCUT2D eigenvalue weighted by atomic mass is 9.75. The van der Waals surface area contributed by atoms with Gasteiger partial charge in [-0.2, -0.15) is 0 Å². The van der Waals surface area contributed by atoms with Crippen molar-refractivity contribution in [1.82, 2.24) is 14.5 Å². The van der Waals surface area contributed by atoms with Gasteiger partial charge in [-0.05, 0) is 51.6 Å². The quantitative estimate of drug-likeness (QED) is 0.894. The zero-order valence-corrected chi connectivity index (χ0v) is 12.2. The maximum atomic E-state index is 12.2. The molecule has 1 aliphatic rings. The molecule has 6 heteroatoms. The van der Waals surface area contributed by atoms with Crippen molar-refractivity contribution in [2.45, 2.75) is 31.3 Å². The molecule has 0 unspecified atom stereocenters. The van der Waals surface area contributed by atoms with E-state index in [4.69, 9.17) is 5.11 Å². The molecule has 112 valence electrons. The van der Waals surface area contributed by atoms with Crippen LogP contribution in [0.2, 0.25) is 0 Å². The van der Waals surface area contributed by atoms with Crippen LogP contribution in [0.25, 0.3) is 11.0 Å². The summed E-state index contributed by atoms with van der Waals surface area (Å²) in [5, 5.41) is 9.02. The normalized spacial score (nSPS) is 17.1. The summed E-state index contributed by atoms with van der Waals surface area (Å²) in [7, 11) is 4.09. The Labute approximate surface area is 122 Å². The summed E-state index contributed by atoms with van der Waals surface area (Å²) in [5.41, 5.74) is 1.37. The fourth-order valence-electron chi connectivity index (χ4n) is 3.08. The van der Waals surface area contributed by atoms with E-state index in [1.54, 1.807) is 10.6 Å². The molecule has 2 N–H and O–H groups in total. The molecule has 0 atom stereocenters. The molecule has 6 nitrogen and oxygen atoms in total. The molecule has 1 aliphatic carbocycles. The second kappa shape index (κ2) is 4.73. The Balaban J connectivity index is 2.05. The van der Waals surface area contributed by atoms with E-state index in [0.29, 0.717) is 12.1 Å². The highest BCUT2D eigenvalue weighted by Crippen LogP contribution is 2.37. The van der Waals surface area contributed by atoms with Crippen molar-refractivity contribution in [3.05, 3.63) is 34.2 Å². The number of rotatable bonds is 4. The van der Waals surface area contributed by atoms with Crippen molar-refractivity contribution >= 4 is 17.0 Å². The number of aromatic amines is 1. The minimum atomic E-state index is -0.991. The number of imidazole rings is 1. The van der Waals surface area contributed by atoms with E-state index < -0.39 is 5.97 Å². The van der Waals surface area contributed by atoms with E-state index in [9.17, 15) is 9.59 Å². The van der Waals surface area contributed by atoms with E-state index in [2.05, 4.69) is 9.88 Å². The average Bonchev–Trinajstić information content (AvgIpc) is 2.68. The highest BCUT2D eigenvalue weighted by molar-refractivity contribution is 5.92. The Kier molecular flexibility index (Phi) is 3.13. The highest BCUT2D eigenvalue weighted by Gasteiger charge is 2.40. The number of fused-ring (bicyclic) bond motifs is 1. The van der Waals surface area contributed by atoms with Crippen LogP contribution in [0.5, 0.6) is 0 Å². The molecule has 0 bridgehead atoms. The Morgan fingerprint density at radius 2 is 2.14 bits per heavy atom. The molecule has 1 aromatic heterocycles. The van der Waals surface area contributed by atoms with Crippen LogP contribution in [0.15, 0.2) is 23.0 Å². The second-order valence-electron chi connectivity index (χ2n) is 6.03. The number of carboxylic acids is 1. The van der Waals surface area contributed by atoms with Crippen LogP contribution in [-0.4, -0.2) is 45.2 Å². The van der Waals surface area contributed by atoms with Gasteiger partial charge in [-0.1, -0.05) is 0 Å². The number of H-pyrrole nitrogens is 1. The number of hydrogen-bond acceptors (Lipinski definition) is 3. The van der Waals surface area contributed by atoms with Crippen LogP contribution in [0.1, 0.15) is 29.6 Å². The summed E-state index contributed by atoms with van der Waals surface area (Å²) in [6.07, 6.45) is 3.33. The number of likely N-dealkylation sites (N-methyl/N-ethyl adjacent to an activating group) is 1. The first-order chi connectivity index (χ1) is 9.93. The van der Waals surface area contributed by atoms with Gasteiger partial charge in [0.05, 0.1) is 16.6 Å². The van der Waals surface area contributed by atoms with Crippen LogP contribution >= 0.6 is 0 Å². The number of benzene rings is 1. The summed E-state index contributed by atoms with van der Waals surface area (Å²) < 4.78 is 1.72. The molecular formula is C15H19N3O3. The third-order valence-electron chi connectivity index (χ3n) is 4.71. The first-order valence-corrected chi connectivity index (χ1v) is 7.06. The van der Waals surface area contributed by atoms with Crippen LogP contribution < -0.4 is 5.69 Å². The minimum Gasteiger partial charge on any atom is -0.478 e. The van der Waals surface area contributed by atoms with Crippen molar-refractivity contribution in [2.75, 3.05) is 14.1 Å². The van der Waals surface area contributed by atoms with E-state index in [-0.39, 0.29) is 16.8 Å². The Morgan fingerprint density at radius 3 is 2.67 bits per heavy atom. The first kappa shape index (κ1) is 13.9. The van der Waals surface area contributed by atoms with Gasteiger partial charge in [0.15, 0.2) is 0 Å². The van der Waals surface area contributed by atoms with Gasteiger partial charge >= 0.3 is 11.7 Å². The summed E-state index contributed by atoms with van der Waals surface area (Å²) in [6, 6.07) is 4.76. The maximum Gasteiger partial charge on any atom is 0.335 e. The van der Waals surface area contributed by atoms with Crippen molar-refractivity contribution < 1.29 is 9.90 Å². The van der Waals surface area contributed by atoms with Gasteiger partial charge in [0.25, 0.3) is 0 Å². The standard InChI is InChI=1S/C15H19N3O3/c1-17(2)15(6-3-7-15)9-18-12-5-4-10(13(19)20)8-11(12)16-14(18)21/h4-5,8H,3,6-7,9H2,1-2H3,(H,16,21)(H,19,20). The molecule has 0 radical (unpaired) electrons. The number of nitrogens with one attached hydrogen (secondary N) is 1. The smallest absolute Gasteiger partial charge is 0.335 e. The lowest BCUT2D eigenvalue weighted by Gasteiger charge is -2.47. The summed E-state index contributed by atoms with van der Waals surface area (Å²) in [5.74, 6) is -0.991. The zero-order valence-electron chi connectivity index (χ0n) is 12.2. The molecule has 0 amide bonds. The molecule has 1 saturated carbocycles. The molecule has 3 rings (SSSR count). The Bertz CT molecular complexity index is 753. The van der Waals surface area contributed by atoms with Crippen molar-refractivity contribution in [2.24, 2.45) is 0 Å². The Morgan fingerprint density at radius 1 is 1.43 bits per heavy atom. The third-order valence-corrected chi connectivity index (χ3v) is 4.71. The molecule has 21 heavy (non-hydrogen) atoms. The number of hydrogen-bond donors (Lipinski definition) is 2. The molecule has 1 heterocycles. The number of aromatic carboxylic acids is 1. The summed E-state index contributed by atoms with van der Waals surface area (Å²) in [4.78, 5) is 28.2. The van der Waals surface area contributed by atoms with E-state index in [1.165, 1.54) is 18.6 Å². The van der Waals surface area contributed by atoms with E-state index in [0.717, 1.165) is 18.4 Å². The van der Waals surface area contributed by atoms with Gasteiger partial charge in [-0.3, -0.25) is 4.57 Å². The minimum absolute atomic E-state index is 0.0322. The fourth-order valence-corrected chi connectivity index (χ4v) is 3.08. The number of aromatic nitrogens is 2. The van der Waals surface area contributed by atoms with Crippen molar-refractivity contribution in [3.63, 3.8) is 0 Å². The van der Waals surface area contributed by atoms with Gasteiger partial charge in [-0.25, -0.2) is 9.59 Å². The second-order valence-corrected chi connectivity index (χ2v) is 6.03. The molecule has 0 aliphatic heterocycles. The third kappa shape index (κ3) is 2.15. The predicted octanol–water partition coefficient (Wildman–Crippen LogP) is 1.51. The molecule has 1 fully saturated rings. The first-order valence-electron chi connectivity index (χ1n) is 7.06. The predicted molar refractivity (Wildman–Crippen MR) is 79.8 cm³/mol. The number of carboxylic acid groups (broad SMARTS) is 1. The SMILES string of the molecule is CN(C)C1(Cn2c(=O)[nH]c3cc(C(=O)O)ccc32)CCC1. The monoisotopic (exact) mass is 289 g/mol.